The van der Waals surface area contributed by atoms with Crippen LogP contribution in [0.3, 0.4) is 0 Å². The lowest BCUT2D eigenvalue weighted by molar-refractivity contribution is 0.207. The van der Waals surface area contributed by atoms with E-state index in [1.54, 1.807) is 43.0 Å². The molecule has 0 atom stereocenters. The van der Waals surface area contributed by atoms with Gasteiger partial charge >= 0.3 is 6.03 Å². The molecule has 0 radical (unpaired) electrons. The van der Waals surface area contributed by atoms with Crippen molar-refractivity contribution in [3.05, 3.63) is 47.5 Å². The molecule has 0 aromatic heterocycles. The first-order chi connectivity index (χ1) is 12.0. The zero-order valence-electron chi connectivity index (χ0n) is 14.4. The number of nitrogens with zero attached hydrogens (tertiary/aromatic N) is 1. The maximum Gasteiger partial charge on any atom is 0.321 e. The molecule has 7 heteroatoms. The Labute approximate surface area is 157 Å². The van der Waals surface area contributed by atoms with Crippen LogP contribution in [-0.4, -0.2) is 44.5 Å². The summed E-state index contributed by atoms with van der Waals surface area (Å²) in [5, 5.41) is 3.46. The Bertz CT molecular complexity index is 710. The molecule has 25 heavy (non-hydrogen) atoms. The van der Waals surface area contributed by atoms with Gasteiger partial charge in [0, 0.05) is 17.0 Å². The number of ether oxygens (including phenoxy) is 2. The second-order valence-corrected chi connectivity index (χ2v) is 6.50. The van der Waals surface area contributed by atoms with E-state index in [9.17, 15) is 4.79 Å². The molecular weight excluding hydrogens is 360 g/mol. The lowest BCUT2D eigenvalue weighted by atomic mass is 10.3. The fraction of sp³-hybridized carbons (Fsp3) is 0.278. The lowest BCUT2D eigenvalue weighted by Crippen LogP contribution is -2.34. The van der Waals surface area contributed by atoms with Crippen LogP contribution in [0.5, 0.6) is 11.5 Å². The second kappa shape index (κ2) is 9.44. The van der Waals surface area contributed by atoms with E-state index in [1.165, 1.54) is 0 Å². The van der Waals surface area contributed by atoms with Gasteiger partial charge in [0.2, 0.25) is 0 Å². The van der Waals surface area contributed by atoms with Gasteiger partial charge in [-0.25, -0.2) is 4.79 Å². The number of nitrogens with one attached hydrogen (secondary N) is 1. The molecule has 2 aromatic carbocycles. The van der Waals surface area contributed by atoms with E-state index in [-0.39, 0.29) is 6.03 Å². The SMILES string of the molecule is COc1ccc(OCCN(C)C(=O)Nc2cc(Cl)ccc2SC)cc1. The molecular formula is C18H21ClN2O3S. The molecule has 2 amide bonds. The van der Waals surface area contributed by atoms with Gasteiger partial charge in [0.25, 0.3) is 0 Å². The highest BCUT2D eigenvalue weighted by atomic mass is 35.5. The number of methoxy groups -OCH3 is 1. The van der Waals surface area contributed by atoms with Crippen molar-refractivity contribution in [2.75, 3.05) is 38.9 Å². The minimum atomic E-state index is -0.212. The number of thioether (sulfide) groups is 1. The molecule has 0 spiro atoms. The smallest absolute Gasteiger partial charge is 0.321 e. The quantitative estimate of drug-likeness (QED) is 0.712. The highest BCUT2D eigenvalue weighted by Crippen LogP contribution is 2.28. The van der Waals surface area contributed by atoms with Gasteiger partial charge < -0.3 is 19.7 Å². The van der Waals surface area contributed by atoms with E-state index in [1.807, 2.05) is 36.6 Å². The Morgan fingerprint density at radius 2 is 1.88 bits per heavy atom. The number of carbonyl (C=O) groups excluding carboxylic acids is 1. The first kappa shape index (κ1) is 19.3. The van der Waals surface area contributed by atoms with E-state index in [2.05, 4.69) is 5.32 Å². The average Bonchev–Trinajstić information content (AvgIpc) is 2.62. The van der Waals surface area contributed by atoms with Gasteiger partial charge in [0.1, 0.15) is 18.1 Å². The summed E-state index contributed by atoms with van der Waals surface area (Å²) in [7, 11) is 3.34. The van der Waals surface area contributed by atoms with Crippen LogP contribution in [0.1, 0.15) is 0 Å². The molecule has 1 N–H and O–H groups in total. The van der Waals surface area contributed by atoms with Crippen molar-refractivity contribution in [3.63, 3.8) is 0 Å². The van der Waals surface area contributed by atoms with Gasteiger partial charge in [-0.2, -0.15) is 0 Å². The predicted octanol–water partition coefficient (Wildman–Crippen LogP) is 4.61. The van der Waals surface area contributed by atoms with E-state index in [4.69, 9.17) is 21.1 Å². The minimum absolute atomic E-state index is 0.212. The van der Waals surface area contributed by atoms with Gasteiger partial charge in [0.15, 0.2) is 0 Å². The van der Waals surface area contributed by atoms with Crippen molar-refractivity contribution in [2.45, 2.75) is 4.90 Å². The molecule has 134 valence electrons. The van der Waals surface area contributed by atoms with Gasteiger partial charge in [-0.15, -0.1) is 11.8 Å². The number of hydrogen-bond donors (Lipinski definition) is 1. The number of benzene rings is 2. The van der Waals surface area contributed by atoms with Crippen molar-refractivity contribution < 1.29 is 14.3 Å². The van der Waals surface area contributed by atoms with Gasteiger partial charge in [-0.05, 0) is 48.7 Å². The number of amides is 2. The zero-order chi connectivity index (χ0) is 18.2. The summed E-state index contributed by atoms with van der Waals surface area (Å²) in [6, 6.07) is 12.5. The molecule has 0 fully saturated rings. The first-order valence-electron chi connectivity index (χ1n) is 7.66. The Hall–Kier alpha value is -2.05. The molecule has 0 unspecified atom stereocenters. The molecule has 0 aliphatic carbocycles. The predicted molar refractivity (Wildman–Crippen MR) is 103 cm³/mol. The summed E-state index contributed by atoms with van der Waals surface area (Å²) in [5.74, 6) is 1.50. The van der Waals surface area contributed by atoms with Gasteiger partial charge in [0.05, 0.1) is 19.3 Å². The van der Waals surface area contributed by atoms with Gasteiger partial charge in [-0.1, -0.05) is 11.6 Å². The van der Waals surface area contributed by atoms with Crippen molar-refractivity contribution in [3.8, 4) is 11.5 Å². The Kier molecular flexibility index (Phi) is 7.28. The van der Waals surface area contributed by atoms with Crippen molar-refractivity contribution in [1.82, 2.24) is 4.90 Å². The maximum absolute atomic E-state index is 12.3. The number of carbonyl (C=O) groups is 1. The van der Waals surface area contributed by atoms with Crippen molar-refractivity contribution in [2.24, 2.45) is 0 Å². The molecule has 2 rings (SSSR count). The van der Waals surface area contributed by atoms with Crippen LogP contribution in [0.15, 0.2) is 47.4 Å². The summed E-state index contributed by atoms with van der Waals surface area (Å²) >= 11 is 7.56. The number of urea groups is 1. The monoisotopic (exact) mass is 380 g/mol. The highest BCUT2D eigenvalue weighted by molar-refractivity contribution is 7.98. The molecule has 0 heterocycles. The molecule has 5 nitrogen and oxygen atoms in total. The van der Waals surface area contributed by atoms with E-state index in [0.717, 1.165) is 16.4 Å². The summed E-state index contributed by atoms with van der Waals surface area (Å²) in [6.45, 7) is 0.841. The van der Waals surface area contributed by atoms with Crippen LogP contribution in [0, 0.1) is 0 Å². The number of likely N-dealkylation sites (N-methyl/N-ethyl adjacent to an activating group) is 1. The molecule has 0 saturated heterocycles. The molecule has 0 saturated carbocycles. The fourth-order valence-corrected chi connectivity index (χ4v) is 2.77. The lowest BCUT2D eigenvalue weighted by Gasteiger charge is -2.19. The number of anilines is 1. The topological polar surface area (TPSA) is 50.8 Å². The van der Waals surface area contributed by atoms with Crippen molar-refractivity contribution >= 4 is 35.1 Å². The summed E-state index contributed by atoms with van der Waals surface area (Å²) < 4.78 is 10.7. The van der Waals surface area contributed by atoms with Crippen LogP contribution in [-0.2, 0) is 0 Å². The largest absolute Gasteiger partial charge is 0.497 e. The normalized spacial score (nSPS) is 10.2. The van der Waals surface area contributed by atoms with E-state index < -0.39 is 0 Å². The van der Waals surface area contributed by atoms with Crippen LogP contribution in [0.25, 0.3) is 0 Å². The second-order valence-electron chi connectivity index (χ2n) is 5.22. The average molecular weight is 381 g/mol. The third-order valence-electron chi connectivity index (χ3n) is 3.50. The Morgan fingerprint density at radius 1 is 1.20 bits per heavy atom. The van der Waals surface area contributed by atoms with Crippen LogP contribution in [0.4, 0.5) is 10.5 Å². The highest BCUT2D eigenvalue weighted by Gasteiger charge is 2.11. The summed E-state index contributed by atoms with van der Waals surface area (Å²) in [4.78, 5) is 14.8. The van der Waals surface area contributed by atoms with E-state index in [0.29, 0.717) is 23.9 Å². The third-order valence-corrected chi connectivity index (χ3v) is 4.54. The van der Waals surface area contributed by atoms with Crippen LogP contribution in [0.2, 0.25) is 5.02 Å². The van der Waals surface area contributed by atoms with E-state index >= 15 is 0 Å². The first-order valence-corrected chi connectivity index (χ1v) is 9.26. The molecule has 0 aliphatic heterocycles. The van der Waals surface area contributed by atoms with Gasteiger partial charge in [-0.3, -0.25) is 0 Å². The summed E-state index contributed by atoms with van der Waals surface area (Å²) in [6.07, 6.45) is 1.95. The third kappa shape index (κ3) is 5.76. The number of halogens is 1. The van der Waals surface area contributed by atoms with Crippen LogP contribution < -0.4 is 14.8 Å². The minimum Gasteiger partial charge on any atom is -0.497 e. The fourth-order valence-electron chi connectivity index (χ4n) is 2.06. The number of rotatable bonds is 7. The molecule has 0 aliphatic rings. The number of hydrogen-bond acceptors (Lipinski definition) is 4. The van der Waals surface area contributed by atoms with Crippen LogP contribution >= 0.6 is 23.4 Å². The Morgan fingerprint density at radius 3 is 2.52 bits per heavy atom. The maximum atomic E-state index is 12.3. The standard InChI is InChI=1S/C18H21ClN2O3S/c1-21(10-11-24-15-7-5-14(23-2)6-8-15)18(22)20-16-12-13(19)4-9-17(16)25-3/h4-9,12H,10-11H2,1-3H3,(H,20,22). The Balaban J connectivity index is 1.84. The van der Waals surface area contributed by atoms with Crippen molar-refractivity contribution in [1.29, 1.82) is 0 Å². The zero-order valence-corrected chi connectivity index (χ0v) is 16.0. The summed E-state index contributed by atoms with van der Waals surface area (Å²) in [5.41, 5.74) is 0.702. The molecule has 2 aromatic rings. The molecule has 0 bridgehead atoms.